The van der Waals surface area contributed by atoms with Crippen molar-refractivity contribution in [2.45, 2.75) is 257 Å². The number of allylic oxidation sites excluding steroid dienone is 9. The zero-order chi connectivity index (χ0) is 40.7. The van der Waals surface area contributed by atoms with Gasteiger partial charge >= 0.3 is 0 Å². The van der Waals surface area contributed by atoms with Crippen molar-refractivity contribution in [2.75, 3.05) is 6.61 Å². The number of hydrogen-bond acceptors (Lipinski definition) is 3. The molecule has 1 amide bonds. The van der Waals surface area contributed by atoms with Crippen molar-refractivity contribution in [3.05, 3.63) is 60.8 Å². The van der Waals surface area contributed by atoms with Gasteiger partial charge in [0.1, 0.15) is 0 Å². The molecule has 0 saturated heterocycles. The first kappa shape index (κ1) is 54.1. The van der Waals surface area contributed by atoms with Crippen molar-refractivity contribution in [1.29, 1.82) is 0 Å². The van der Waals surface area contributed by atoms with E-state index in [9.17, 15) is 15.0 Å². The largest absolute Gasteiger partial charge is 0.394 e. The Morgan fingerprint density at radius 3 is 1.18 bits per heavy atom. The van der Waals surface area contributed by atoms with Crippen LogP contribution >= 0.6 is 0 Å². The van der Waals surface area contributed by atoms with Gasteiger partial charge in [-0.3, -0.25) is 4.79 Å². The number of carbonyl (C=O) groups is 1. The van der Waals surface area contributed by atoms with E-state index < -0.39 is 12.1 Å². The van der Waals surface area contributed by atoms with Gasteiger partial charge in [-0.15, -0.1) is 0 Å². The molecule has 0 aliphatic rings. The second kappa shape index (κ2) is 47.5. The fourth-order valence-corrected chi connectivity index (χ4v) is 7.18. The zero-order valence-electron chi connectivity index (χ0n) is 37.4. The average Bonchev–Trinajstić information content (AvgIpc) is 3.20. The molecule has 0 radical (unpaired) electrons. The maximum Gasteiger partial charge on any atom is 0.220 e. The van der Waals surface area contributed by atoms with Crippen molar-refractivity contribution in [3.8, 4) is 0 Å². The number of nitrogens with one attached hydrogen (secondary N) is 1. The normalized spacial score (nSPS) is 13.4. The van der Waals surface area contributed by atoms with Crippen LogP contribution in [-0.4, -0.2) is 34.9 Å². The van der Waals surface area contributed by atoms with Crippen LogP contribution in [0.1, 0.15) is 245 Å². The molecule has 0 fully saturated rings. The molecule has 56 heavy (non-hydrogen) atoms. The van der Waals surface area contributed by atoms with Gasteiger partial charge in [-0.1, -0.05) is 222 Å². The molecule has 0 heterocycles. The number of amides is 1. The van der Waals surface area contributed by atoms with Crippen molar-refractivity contribution in [3.63, 3.8) is 0 Å². The predicted octanol–water partition coefficient (Wildman–Crippen LogP) is 15.7. The van der Waals surface area contributed by atoms with Crippen LogP contribution in [0.4, 0.5) is 0 Å². The van der Waals surface area contributed by atoms with Crippen molar-refractivity contribution >= 4 is 5.91 Å². The average molecular weight is 782 g/mol. The molecule has 2 unspecified atom stereocenters. The third kappa shape index (κ3) is 43.2. The first-order chi connectivity index (χ1) is 27.7. The van der Waals surface area contributed by atoms with Crippen LogP contribution in [0, 0.1) is 0 Å². The van der Waals surface area contributed by atoms with E-state index in [4.69, 9.17) is 0 Å². The summed E-state index contributed by atoms with van der Waals surface area (Å²) >= 11 is 0. The van der Waals surface area contributed by atoms with E-state index in [0.717, 1.165) is 57.8 Å². The van der Waals surface area contributed by atoms with Gasteiger partial charge in [-0.25, -0.2) is 0 Å². The van der Waals surface area contributed by atoms with E-state index in [1.54, 1.807) is 6.08 Å². The molecule has 0 aromatic heterocycles. The topological polar surface area (TPSA) is 69.6 Å². The van der Waals surface area contributed by atoms with Crippen LogP contribution in [0.25, 0.3) is 0 Å². The molecule has 0 aromatic rings. The molecule has 0 bridgehead atoms. The lowest BCUT2D eigenvalue weighted by Gasteiger charge is -2.19. The third-order valence-electron chi connectivity index (χ3n) is 11.0. The molecule has 0 aliphatic heterocycles. The Balaban J connectivity index is 3.60. The lowest BCUT2D eigenvalue weighted by molar-refractivity contribution is -0.123. The van der Waals surface area contributed by atoms with Crippen LogP contribution in [0.5, 0.6) is 0 Å². The van der Waals surface area contributed by atoms with Crippen molar-refractivity contribution < 1.29 is 15.0 Å². The number of rotatable bonds is 44. The van der Waals surface area contributed by atoms with Crippen LogP contribution < -0.4 is 5.32 Å². The maximum absolute atomic E-state index is 12.4. The highest BCUT2D eigenvalue weighted by Crippen LogP contribution is 2.15. The summed E-state index contributed by atoms with van der Waals surface area (Å²) in [4.78, 5) is 12.4. The van der Waals surface area contributed by atoms with Gasteiger partial charge in [0, 0.05) is 6.42 Å². The third-order valence-corrected chi connectivity index (χ3v) is 11.0. The number of aliphatic hydroxyl groups excluding tert-OH is 2. The molecule has 2 atom stereocenters. The summed E-state index contributed by atoms with van der Waals surface area (Å²) in [5.41, 5.74) is 0. The molecule has 0 saturated carbocycles. The Labute approximate surface area is 349 Å². The van der Waals surface area contributed by atoms with Gasteiger partial charge in [0.15, 0.2) is 0 Å². The molecule has 326 valence electrons. The number of hydrogen-bond donors (Lipinski definition) is 3. The van der Waals surface area contributed by atoms with Crippen molar-refractivity contribution in [1.82, 2.24) is 5.32 Å². The fourth-order valence-electron chi connectivity index (χ4n) is 7.18. The Bertz CT molecular complexity index is 934. The van der Waals surface area contributed by atoms with Crippen LogP contribution in [0.15, 0.2) is 60.8 Å². The predicted molar refractivity (Wildman–Crippen MR) is 248 cm³/mol. The number of carbonyl (C=O) groups excluding carboxylic acids is 1. The van der Waals surface area contributed by atoms with Gasteiger partial charge in [-0.05, 0) is 77.0 Å². The second-order valence-corrected chi connectivity index (χ2v) is 16.5. The standard InChI is InChI=1S/C52H95NO3/c1-3-5-7-9-11-13-15-17-19-20-21-22-23-24-25-26-27-28-29-30-31-32-34-35-37-39-41-43-45-47-51(55)50(49-54)53-52(56)48-46-44-42-40-38-36-33-18-16-14-12-10-8-6-4-2/h12,14,18,31-33,37,39,45,47,50-51,54-55H,3-11,13,15-17,19-30,34-36,38,40-44,46,48-49H2,1-2H3,(H,53,56)/b14-12-,32-31+,33-18-,39-37+,47-45+. The first-order valence-electron chi connectivity index (χ1n) is 24.5. The van der Waals surface area contributed by atoms with E-state index in [-0.39, 0.29) is 12.5 Å². The lowest BCUT2D eigenvalue weighted by Crippen LogP contribution is -2.45. The van der Waals surface area contributed by atoms with Gasteiger partial charge in [0.2, 0.25) is 5.91 Å². The Kier molecular flexibility index (Phi) is 45.8. The van der Waals surface area contributed by atoms with E-state index >= 15 is 0 Å². The summed E-state index contributed by atoms with van der Waals surface area (Å²) in [6.07, 6.45) is 66.4. The fraction of sp³-hybridized carbons (Fsp3) is 0.788. The second-order valence-electron chi connectivity index (χ2n) is 16.5. The van der Waals surface area contributed by atoms with Gasteiger partial charge in [-0.2, -0.15) is 0 Å². The van der Waals surface area contributed by atoms with Gasteiger partial charge in [0.25, 0.3) is 0 Å². The maximum atomic E-state index is 12.4. The minimum atomic E-state index is -0.878. The zero-order valence-corrected chi connectivity index (χ0v) is 37.4. The van der Waals surface area contributed by atoms with E-state index in [0.29, 0.717) is 6.42 Å². The highest BCUT2D eigenvalue weighted by molar-refractivity contribution is 5.76. The van der Waals surface area contributed by atoms with Gasteiger partial charge < -0.3 is 15.5 Å². The van der Waals surface area contributed by atoms with E-state index in [1.165, 1.54) is 167 Å². The molecule has 0 spiro atoms. The summed E-state index contributed by atoms with van der Waals surface area (Å²) in [6, 6.07) is -0.655. The molecule has 0 aliphatic carbocycles. The molecular weight excluding hydrogens is 687 g/mol. The summed E-state index contributed by atoms with van der Waals surface area (Å²) in [6.45, 7) is 4.27. The molecule has 0 rings (SSSR count). The summed E-state index contributed by atoms with van der Waals surface area (Å²) < 4.78 is 0. The monoisotopic (exact) mass is 782 g/mol. The van der Waals surface area contributed by atoms with Crippen LogP contribution in [-0.2, 0) is 4.79 Å². The summed E-state index contributed by atoms with van der Waals surface area (Å²) in [5.74, 6) is -0.0928. The minimum absolute atomic E-state index is 0.0928. The summed E-state index contributed by atoms with van der Waals surface area (Å²) in [5, 5.41) is 23.0. The summed E-state index contributed by atoms with van der Waals surface area (Å²) in [7, 11) is 0. The Hall–Kier alpha value is -1.91. The molecule has 4 heteroatoms. The first-order valence-corrected chi connectivity index (χ1v) is 24.5. The molecule has 4 nitrogen and oxygen atoms in total. The van der Waals surface area contributed by atoms with Crippen LogP contribution in [0.3, 0.4) is 0 Å². The van der Waals surface area contributed by atoms with E-state index in [1.807, 2.05) is 6.08 Å². The minimum Gasteiger partial charge on any atom is -0.394 e. The quantitative estimate of drug-likeness (QED) is 0.0426. The number of unbranched alkanes of at least 4 members (excludes halogenated alkanes) is 29. The smallest absolute Gasteiger partial charge is 0.220 e. The van der Waals surface area contributed by atoms with Gasteiger partial charge in [0.05, 0.1) is 18.8 Å². The van der Waals surface area contributed by atoms with Crippen LogP contribution in [0.2, 0.25) is 0 Å². The van der Waals surface area contributed by atoms with E-state index in [2.05, 4.69) is 67.8 Å². The SMILES string of the molecule is CCCCC/C=C\C/C=C\CCCCCCCC(=O)NC(CO)C(O)/C=C/CC/C=C/CC/C=C/CCCCCCCCCCCCCCCCCCCCC. The van der Waals surface area contributed by atoms with Crippen molar-refractivity contribution in [2.24, 2.45) is 0 Å². The Morgan fingerprint density at radius 2 is 0.750 bits per heavy atom. The molecule has 3 N–H and O–H groups in total. The number of aliphatic hydroxyl groups is 2. The Morgan fingerprint density at radius 1 is 0.429 bits per heavy atom. The highest BCUT2D eigenvalue weighted by atomic mass is 16.3. The molecule has 0 aromatic carbocycles. The molecular formula is C52H95NO3. The highest BCUT2D eigenvalue weighted by Gasteiger charge is 2.17. The lowest BCUT2D eigenvalue weighted by atomic mass is 10.0.